The van der Waals surface area contributed by atoms with Gasteiger partial charge in [0.05, 0.1) is 13.1 Å². The van der Waals surface area contributed by atoms with Crippen molar-refractivity contribution in [3.63, 3.8) is 0 Å². The molecule has 0 saturated heterocycles. The summed E-state index contributed by atoms with van der Waals surface area (Å²) in [4.78, 5) is 18.5. The molecule has 0 saturated carbocycles. The van der Waals surface area contributed by atoms with E-state index >= 15 is 0 Å². The molecule has 0 rings (SSSR count). The predicted molar refractivity (Wildman–Crippen MR) is 33.4 cm³/mol. The quantitative estimate of drug-likeness (QED) is 0.468. The average molecular weight is 290 g/mol. The molecular weight excluding hydrogens is 280 g/mol. The summed E-state index contributed by atoms with van der Waals surface area (Å²) in [5.74, 6) is -1.94. The summed E-state index contributed by atoms with van der Waals surface area (Å²) in [6.45, 7) is -0.556. The maximum atomic E-state index is 9.24. The van der Waals surface area contributed by atoms with Gasteiger partial charge in [-0.05, 0) is 0 Å². The van der Waals surface area contributed by atoms with Gasteiger partial charge in [-0.1, -0.05) is 0 Å². The van der Waals surface area contributed by atoms with Crippen molar-refractivity contribution in [2.75, 3.05) is 13.1 Å². The SMILES string of the molecule is NCC(=O)O.NCC(=O)O.[Ce]. The van der Waals surface area contributed by atoms with Gasteiger partial charge < -0.3 is 21.7 Å². The Bertz CT molecular complexity index is 105. The number of carboxylic acids is 2. The number of carboxylic acid groups (broad SMARTS) is 2. The van der Waals surface area contributed by atoms with Crippen molar-refractivity contribution >= 4 is 11.9 Å². The van der Waals surface area contributed by atoms with E-state index in [9.17, 15) is 9.59 Å². The van der Waals surface area contributed by atoms with Crippen LogP contribution in [0.5, 0.6) is 0 Å². The molecule has 0 aliphatic rings. The maximum Gasteiger partial charge on any atom is 0.317 e. The molecule has 64 valence electrons. The fourth-order valence-corrected chi connectivity index (χ4v) is 0. The Balaban J connectivity index is -0.000000107. The van der Waals surface area contributed by atoms with Gasteiger partial charge in [0.15, 0.2) is 0 Å². The number of rotatable bonds is 2. The molecule has 0 bridgehead atoms. The number of hydrogen-bond donors (Lipinski definition) is 4. The number of nitrogens with two attached hydrogens (primary N) is 2. The van der Waals surface area contributed by atoms with Crippen LogP contribution in [-0.2, 0) is 9.59 Å². The van der Waals surface area contributed by atoms with Crippen LogP contribution in [0.3, 0.4) is 0 Å². The van der Waals surface area contributed by atoms with Crippen LogP contribution < -0.4 is 11.5 Å². The Morgan fingerprint density at radius 1 is 1.00 bits per heavy atom. The van der Waals surface area contributed by atoms with Gasteiger partial charge in [0.1, 0.15) is 0 Å². The standard InChI is InChI=1S/2C2H5NO2.Ce/c2*3-1-2(4)5;/h2*1,3H2,(H,4,5);. The van der Waals surface area contributed by atoms with Gasteiger partial charge in [0.25, 0.3) is 0 Å². The summed E-state index contributed by atoms with van der Waals surface area (Å²) in [5, 5.41) is 15.2. The van der Waals surface area contributed by atoms with Crippen LogP contribution in [0.4, 0.5) is 0 Å². The van der Waals surface area contributed by atoms with Crippen LogP contribution >= 0.6 is 0 Å². The van der Waals surface area contributed by atoms with Gasteiger partial charge in [-0.2, -0.15) is 0 Å². The number of carbonyl (C=O) groups is 2. The maximum absolute atomic E-state index is 9.24. The first-order valence-electron chi connectivity index (χ1n) is 2.38. The Labute approximate surface area is 97.3 Å². The third-order valence-corrected chi connectivity index (χ3v) is 0.349. The summed E-state index contributed by atoms with van der Waals surface area (Å²) < 4.78 is 0. The van der Waals surface area contributed by atoms with E-state index in [1.54, 1.807) is 0 Å². The van der Waals surface area contributed by atoms with E-state index in [4.69, 9.17) is 10.2 Å². The zero-order valence-electron chi connectivity index (χ0n) is 5.78. The molecule has 0 amide bonds. The second kappa shape index (κ2) is 12.9. The van der Waals surface area contributed by atoms with Gasteiger partial charge in [-0.3, -0.25) is 9.59 Å². The molecule has 0 unspecified atom stereocenters. The van der Waals surface area contributed by atoms with Gasteiger partial charge in [0.2, 0.25) is 0 Å². The van der Waals surface area contributed by atoms with Crippen molar-refractivity contribution in [3.05, 3.63) is 0 Å². The number of hydrogen-bond acceptors (Lipinski definition) is 4. The molecule has 0 aliphatic carbocycles. The first kappa shape index (κ1) is 17.4. The van der Waals surface area contributed by atoms with Gasteiger partial charge in [-0.25, -0.2) is 0 Å². The minimum atomic E-state index is -0.968. The summed E-state index contributed by atoms with van der Waals surface area (Å²) in [5.41, 5.74) is 9.14. The Kier molecular flexibility index (Phi) is 20.3. The van der Waals surface area contributed by atoms with Crippen molar-refractivity contribution in [1.82, 2.24) is 0 Å². The summed E-state index contributed by atoms with van der Waals surface area (Å²) in [6.07, 6.45) is 0. The summed E-state index contributed by atoms with van der Waals surface area (Å²) in [6, 6.07) is 0. The van der Waals surface area contributed by atoms with Crippen molar-refractivity contribution in [3.8, 4) is 0 Å². The second-order valence-electron chi connectivity index (χ2n) is 1.20. The molecule has 6 N–H and O–H groups in total. The van der Waals surface area contributed by atoms with E-state index in [1.165, 1.54) is 0 Å². The Morgan fingerprint density at radius 3 is 1.09 bits per heavy atom. The van der Waals surface area contributed by atoms with E-state index in [2.05, 4.69) is 11.5 Å². The predicted octanol–water partition coefficient (Wildman–Crippen LogP) is -1.94. The van der Waals surface area contributed by atoms with Crippen LogP contribution in [-0.4, -0.2) is 35.2 Å². The molecule has 0 aromatic rings. The van der Waals surface area contributed by atoms with Crippen LogP contribution in [0.1, 0.15) is 0 Å². The van der Waals surface area contributed by atoms with E-state index in [0.29, 0.717) is 0 Å². The Morgan fingerprint density at radius 2 is 1.09 bits per heavy atom. The largest absolute Gasteiger partial charge is 0.480 e. The minimum absolute atomic E-state index is 0. The molecule has 0 aromatic heterocycles. The van der Waals surface area contributed by atoms with Gasteiger partial charge >= 0.3 is 11.9 Å². The van der Waals surface area contributed by atoms with Crippen LogP contribution in [0, 0.1) is 41.7 Å². The van der Waals surface area contributed by atoms with Crippen LogP contribution in [0.2, 0.25) is 0 Å². The first-order chi connectivity index (χ1) is 4.54. The van der Waals surface area contributed by atoms with E-state index in [0.717, 1.165) is 0 Å². The molecule has 0 heterocycles. The monoisotopic (exact) mass is 290 g/mol. The zero-order valence-corrected chi connectivity index (χ0v) is 8.92. The van der Waals surface area contributed by atoms with E-state index < -0.39 is 11.9 Å². The second-order valence-corrected chi connectivity index (χ2v) is 1.20. The average Bonchev–Trinajstić information content (AvgIpc) is 1.89. The fraction of sp³-hybridized carbons (Fsp3) is 0.500. The smallest absolute Gasteiger partial charge is 0.317 e. The molecule has 0 fully saturated rings. The molecular formula is C4H10CeN2O4. The zero-order chi connectivity index (χ0) is 8.57. The molecule has 0 atom stereocenters. The first-order valence-corrected chi connectivity index (χ1v) is 2.38. The molecule has 7 heteroatoms. The topological polar surface area (TPSA) is 127 Å². The molecule has 0 radical (unpaired) electrons. The van der Waals surface area contributed by atoms with Crippen LogP contribution in [0.25, 0.3) is 0 Å². The van der Waals surface area contributed by atoms with E-state index in [1.807, 2.05) is 0 Å². The minimum Gasteiger partial charge on any atom is -0.480 e. The molecule has 0 spiro atoms. The van der Waals surface area contributed by atoms with Crippen LogP contribution in [0.15, 0.2) is 0 Å². The third-order valence-electron chi connectivity index (χ3n) is 0.349. The van der Waals surface area contributed by atoms with Gasteiger partial charge in [0, 0.05) is 41.7 Å². The normalized spacial score (nSPS) is 6.73. The fourth-order valence-electron chi connectivity index (χ4n) is 0. The summed E-state index contributed by atoms with van der Waals surface area (Å²) in [7, 11) is 0. The molecule has 11 heavy (non-hydrogen) atoms. The van der Waals surface area contributed by atoms with Crippen molar-refractivity contribution < 1.29 is 61.5 Å². The molecule has 6 nitrogen and oxygen atoms in total. The van der Waals surface area contributed by atoms with Crippen molar-refractivity contribution in [2.45, 2.75) is 0 Å². The molecule has 0 aromatic carbocycles. The van der Waals surface area contributed by atoms with Gasteiger partial charge in [-0.15, -0.1) is 0 Å². The van der Waals surface area contributed by atoms with E-state index in [-0.39, 0.29) is 54.8 Å². The summed E-state index contributed by atoms with van der Waals surface area (Å²) >= 11 is 0. The van der Waals surface area contributed by atoms with Crippen molar-refractivity contribution in [2.24, 2.45) is 11.5 Å². The molecule has 0 aliphatic heterocycles. The number of aliphatic carboxylic acids is 2. The van der Waals surface area contributed by atoms with Crippen molar-refractivity contribution in [1.29, 1.82) is 0 Å². The Hall–Kier alpha value is 0.237. The third kappa shape index (κ3) is 38.7.